The molecule has 1 aliphatic carbocycles. The Balaban J connectivity index is 1.69. The number of aliphatic hydroxyl groups is 1. The van der Waals surface area contributed by atoms with Crippen molar-refractivity contribution >= 4 is 16.8 Å². The molecule has 7 heteroatoms. The van der Waals surface area contributed by atoms with Crippen LogP contribution in [0.4, 0.5) is 4.39 Å². The summed E-state index contributed by atoms with van der Waals surface area (Å²) in [5.74, 6) is -0.808. The maximum atomic E-state index is 13.9. The summed E-state index contributed by atoms with van der Waals surface area (Å²) in [7, 11) is 0. The molecule has 3 N–H and O–H groups in total. The number of aryl methyl sites for hydroxylation is 1. The lowest BCUT2D eigenvalue weighted by molar-refractivity contribution is 0.0828. The second kappa shape index (κ2) is 6.22. The van der Waals surface area contributed by atoms with E-state index in [1.807, 2.05) is 24.3 Å². The number of carbonyl (C=O) groups excluding carboxylic acids is 1. The summed E-state index contributed by atoms with van der Waals surface area (Å²) < 4.78 is 15.3. The SMILES string of the molecule is NC(=O)c1nn(-c2cc([C@]3(O)CCc4ccccc43)ccn2)c2cc(F)ccc12. The fraction of sp³-hybridized carbons (Fsp3) is 0.136. The van der Waals surface area contributed by atoms with Crippen LogP contribution in [0.25, 0.3) is 16.7 Å². The van der Waals surface area contributed by atoms with Crippen LogP contribution in [-0.4, -0.2) is 25.8 Å². The molecule has 0 unspecified atom stereocenters. The summed E-state index contributed by atoms with van der Waals surface area (Å²) >= 11 is 0. The number of halogens is 1. The monoisotopic (exact) mass is 388 g/mol. The van der Waals surface area contributed by atoms with E-state index in [0.29, 0.717) is 28.7 Å². The van der Waals surface area contributed by atoms with Gasteiger partial charge in [-0.25, -0.2) is 14.1 Å². The van der Waals surface area contributed by atoms with Crippen molar-refractivity contribution in [1.29, 1.82) is 0 Å². The third-order valence-corrected chi connectivity index (χ3v) is 5.54. The van der Waals surface area contributed by atoms with Crippen LogP contribution in [0.15, 0.2) is 60.8 Å². The summed E-state index contributed by atoms with van der Waals surface area (Å²) in [5, 5.41) is 16.2. The molecule has 2 heterocycles. The first-order valence-corrected chi connectivity index (χ1v) is 9.23. The van der Waals surface area contributed by atoms with E-state index in [-0.39, 0.29) is 5.69 Å². The molecule has 0 bridgehead atoms. The number of amides is 1. The van der Waals surface area contributed by atoms with Crippen LogP contribution in [0.5, 0.6) is 0 Å². The minimum absolute atomic E-state index is 0.0390. The molecule has 5 rings (SSSR count). The fourth-order valence-electron chi connectivity index (χ4n) is 4.13. The molecule has 6 nitrogen and oxygen atoms in total. The number of fused-ring (bicyclic) bond motifs is 2. The van der Waals surface area contributed by atoms with Crippen LogP contribution in [0.2, 0.25) is 0 Å². The summed E-state index contributed by atoms with van der Waals surface area (Å²) in [6, 6.07) is 15.3. The zero-order chi connectivity index (χ0) is 20.2. The molecule has 2 aromatic carbocycles. The summed E-state index contributed by atoms with van der Waals surface area (Å²) in [6.07, 6.45) is 2.89. The topological polar surface area (TPSA) is 94.0 Å². The number of rotatable bonds is 3. The highest BCUT2D eigenvalue weighted by molar-refractivity contribution is 6.04. The number of hydrogen-bond donors (Lipinski definition) is 2. The smallest absolute Gasteiger partial charge is 0.269 e. The highest BCUT2D eigenvalue weighted by Crippen LogP contribution is 2.42. The lowest BCUT2D eigenvalue weighted by atomic mass is 9.88. The Hall–Kier alpha value is -3.58. The predicted octanol–water partition coefficient (Wildman–Crippen LogP) is 2.84. The number of nitrogens with two attached hydrogens (primary N) is 1. The molecule has 0 fully saturated rings. The molecule has 2 aromatic heterocycles. The molecule has 0 saturated heterocycles. The number of primary amides is 1. The van der Waals surface area contributed by atoms with Gasteiger partial charge in [0.1, 0.15) is 11.4 Å². The van der Waals surface area contributed by atoms with Gasteiger partial charge >= 0.3 is 0 Å². The van der Waals surface area contributed by atoms with Crippen LogP contribution >= 0.6 is 0 Å². The number of pyridine rings is 1. The molecule has 0 aliphatic heterocycles. The first kappa shape index (κ1) is 17.5. The van der Waals surface area contributed by atoms with Gasteiger partial charge in [-0.15, -0.1) is 0 Å². The van der Waals surface area contributed by atoms with Gasteiger partial charge in [0.2, 0.25) is 0 Å². The zero-order valence-corrected chi connectivity index (χ0v) is 15.3. The number of nitrogens with zero attached hydrogens (tertiary/aromatic N) is 3. The summed E-state index contributed by atoms with van der Waals surface area (Å²) in [6.45, 7) is 0. The van der Waals surface area contributed by atoms with Gasteiger partial charge in [-0.05, 0) is 53.8 Å². The molecule has 4 aromatic rings. The number of aromatic nitrogens is 3. The van der Waals surface area contributed by atoms with Gasteiger partial charge in [-0.2, -0.15) is 5.10 Å². The van der Waals surface area contributed by atoms with Crippen molar-refractivity contribution in [2.24, 2.45) is 5.73 Å². The van der Waals surface area contributed by atoms with Crippen molar-refractivity contribution in [2.75, 3.05) is 0 Å². The Morgan fingerprint density at radius 2 is 2.00 bits per heavy atom. The maximum absolute atomic E-state index is 13.9. The molecule has 0 radical (unpaired) electrons. The molecular formula is C22H17FN4O2. The van der Waals surface area contributed by atoms with Crippen molar-refractivity contribution in [3.63, 3.8) is 0 Å². The van der Waals surface area contributed by atoms with Gasteiger partial charge in [0.15, 0.2) is 11.5 Å². The predicted molar refractivity (Wildman–Crippen MR) is 105 cm³/mol. The van der Waals surface area contributed by atoms with E-state index < -0.39 is 17.3 Å². The largest absolute Gasteiger partial charge is 0.380 e. The quantitative estimate of drug-likeness (QED) is 0.564. The van der Waals surface area contributed by atoms with Crippen molar-refractivity contribution in [2.45, 2.75) is 18.4 Å². The van der Waals surface area contributed by atoms with Gasteiger partial charge in [0.05, 0.1) is 5.52 Å². The second-order valence-electron chi connectivity index (χ2n) is 7.21. The molecule has 1 atom stereocenters. The Bertz CT molecular complexity index is 1280. The average Bonchev–Trinajstić information content (AvgIpc) is 3.27. The van der Waals surface area contributed by atoms with Gasteiger partial charge in [-0.1, -0.05) is 24.3 Å². The minimum Gasteiger partial charge on any atom is -0.380 e. The number of hydrogen-bond acceptors (Lipinski definition) is 4. The fourth-order valence-corrected chi connectivity index (χ4v) is 4.13. The molecule has 0 spiro atoms. The normalized spacial score (nSPS) is 18.1. The first-order valence-electron chi connectivity index (χ1n) is 9.23. The van der Waals surface area contributed by atoms with Crippen LogP contribution in [0.3, 0.4) is 0 Å². The molecule has 29 heavy (non-hydrogen) atoms. The lowest BCUT2D eigenvalue weighted by Gasteiger charge is -2.25. The minimum atomic E-state index is -1.14. The average molecular weight is 388 g/mol. The third kappa shape index (κ3) is 2.62. The van der Waals surface area contributed by atoms with Gasteiger partial charge in [-0.3, -0.25) is 4.79 Å². The first-order chi connectivity index (χ1) is 14.0. The van der Waals surface area contributed by atoms with Crippen molar-refractivity contribution in [1.82, 2.24) is 14.8 Å². The summed E-state index contributed by atoms with van der Waals surface area (Å²) in [5.41, 5.74) is 7.35. The van der Waals surface area contributed by atoms with E-state index >= 15 is 0 Å². The molecule has 144 valence electrons. The van der Waals surface area contributed by atoms with Gasteiger partial charge in [0.25, 0.3) is 5.91 Å². The van der Waals surface area contributed by atoms with E-state index in [1.54, 1.807) is 18.3 Å². The van der Waals surface area contributed by atoms with E-state index in [4.69, 9.17) is 5.73 Å². The molecule has 1 amide bonds. The Labute approximate surface area is 165 Å². The van der Waals surface area contributed by atoms with Crippen molar-refractivity contribution < 1.29 is 14.3 Å². The second-order valence-corrected chi connectivity index (χ2v) is 7.21. The molecular weight excluding hydrogens is 371 g/mol. The van der Waals surface area contributed by atoms with Gasteiger partial charge in [0, 0.05) is 17.6 Å². The van der Waals surface area contributed by atoms with Crippen molar-refractivity contribution in [3.05, 3.63) is 89.0 Å². The Morgan fingerprint density at radius 3 is 2.83 bits per heavy atom. The van der Waals surface area contributed by atoms with Crippen LogP contribution < -0.4 is 5.73 Å². The Kier molecular flexibility index (Phi) is 3.75. The standard InChI is InChI=1S/C22H17FN4O2/c23-15-5-6-16-18(12-15)27(26-20(16)21(24)28)19-11-14(8-10-25-19)22(29)9-7-13-3-1-2-4-17(13)22/h1-6,8,10-12,29H,7,9H2,(H2,24,28)/t22-/m1/s1. The van der Waals surface area contributed by atoms with Crippen LogP contribution in [0, 0.1) is 5.82 Å². The maximum Gasteiger partial charge on any atom is 0.269 e. The van der Waals surface area contributed by atoms with Crippen LogP contribution in [-0.2, 0) is 12.0 Å². The lowest BCUT2D eigenvalue weighted by Crippen LogP contribution is -2.24. The van der Waals surface area contributed by atoms with E-state index in [0.717, 1.165) is 17.5 Å². The number of benzene rings is 2. The van der Waals surface area contributed by atoms with E-state index in [9.17, 15) is 14.3 Å². The zero-order valence-electron chi connectivity index (χ0n) is 15.3. The van der Waals surface area contributed by atoms with Crippen molar-refractivity contribution in [3.8, 4) is 5.82 Å². The highest BCUT2D eigenvalue weighted by atomic mass is 19.1. The Morgan fingerprint density at radius 1 is 1.17 bits per heavy atom. The molecule has 1 aliphatic rings. The van der Waals surface area contributed by atoms with Crippen LogP contribution in [0.1, 0.15) is 33.6 Å². The van der Waals surface area contributed by atoms with Gasteiger partial charge < -0.3 is 10.8 Å². The number of carbonyl (C=O) groups is 1. The van der Waals surface area contributed by atoms with E-state index in [1.165, 1.54) is 22.9 Å². The van der Waals surface area contributed by atoms with E-state index in [2.05, 4.69) is 10.1 Å². The highest BCUT2D eigenvalue weighted by Gasteiger charge is 2.38. The third-order valence-electron chi connectivity index (χ3n) is 5.54. The summed E-state index contributed by atoms with van der Waals surface area (Å²) in [4.78, 5) is 16.1. The molecule has 0 saturated carbocycles.